The van der Waals surface area contributed by atoms with Gasteiger partial charge in [0.25, 0.3) is 5.91 Å². The molecule has 0 saturated heterocycles. The van der Waals surface area contributed by atoms with Crippen molar-refractivity contribution in [1.29, 1.82) is 0 Å². The Kier molecular flexibility index (Phi) is 6.48. The molecular weight excluding hydrogens is 222 g/mol. The second-order valence-electron chi connectivity index (χ2n) is 5.28. The lowest BCUT2D eigenvalue weighted by Gasteiger charge is -2.21. The van der Waals surface area contributed by atoms with Crippen LogP contribution in [0.2, 0.25) is 0 Å². The number of allylic oxidation sites excluding steroid dienone is 3. The van der Waals surface area contributed by atoms with Crippen molar-refractivity contribution in [2.75, 3.05) is 6.54 Å². The first kappa shape index (κ1) is 14.7. The molecule has 0 atom stereocenters. The van der Waals surface area contributed by atoms with Crippen molar-refractivity contribution in [3.05, 3.63) is 36.0 Å². The molecule has 2 nitrogen and oxygen atoms in total. The Bertz CT molecular complexity index is 342. The molecule has 1 rings (SSSR count). The molecule has 0 radical (unpaired) electrons. The van der Waals surface area contributed by atoms with Crippen molar-refractivity contribution in [2.24, 2.45) is 5.92 Å². The molecule has 0 aliphatic heterocycles. The van der Waals surface area contributed by atoms with Gasteiger partial charge in [-0.3, -0.25) is 4.79 Å². The monoisotopic (exact) mass is 247 g/mol. The summed E-state index contributed by atoms with van der Waals surface area (Å²) in [5, 5.41) is 3.02. The van der Waals surface area contributed by atoms with Gasteiger partial charge in [0.2, 0.25) is 0 Å². The first-order valence-corrected chi connectivity index (χ1v) is 6.89. The van der Waals surface area contributed by atoms with Crippen LogP contribution in [0.1, 0.15) is 46.0 Å². The van der Waals surface area contributed by atoms with Crippen molar-refractivity contribution in [1.82, 2.24) is 5.32 Å². The number of hydrogen-bond acceptors (Lipinski definition) is 1. The van der Waals surface area contributed by atoms with Crippen LogP contribution in [0.15, 0.2) is 36.0 Å². The maximum absolute atomic E-state index is 11.9. The third-order valence-corrected chi connectivity index (χ3v) is 3.35. The number of rotatable bonds is 5. The summed E-state index contributed by atoms with van der Waals surface area (Å²) in [6, 6.07) is 0. The molecule has 1 aliphatic carbocycles. The van der Waals surface area contributed by atoms with E-state index >= 15 is 0 Å². The van der Waals surface area contributed by atoms with Gasteiger partial charge in [0, 0.05) is 12.1 Å². The molecule has 1 N–H and O–H groups in total. The molecule has 0 aromatic heterocycles. The highest BCUT2D eigenvalue weighted by atomic mass is 16.1. The zero-order valence-corrected chi connectivity index (χ0v) is 11.7. The van der Waals surface area contributed by atoms with Crippen LogP contribution in [0.5, 0.6) is 0 Å². The minimum Gasteiger partial charge on any atom is -0.352 e. The normalized spacial score (nSPS) is 17.1. The summed E-state index contributed by atoms with van der Waals surface area (Å²) in [6.45, 7) is 8.52. The molecule has 18 heavy (non-hydrogen) atoms. The summed E-state index contributed by atoms with van der Waals surface area (Å²) in [5.74, 6) is 0.658. The zero-order chi connectivity index (χ0) is 13.4. The summed E-state index contributed by atoms with van der Waals surface area (Å²) >= 11 is 0. The van der Waals surface area contributed by atoms with Crippen LogP contribution in [0.25, 0.3) is 0 Å². The number of carbonyl (C=O) groups is 1. The summed E-state index contributed by atoms with van der Waals surface area (Å²) in [6.07, 6.45) is 11.9. The molecular formula is C16H25NO. The largest absolute Gasteiger partial charge is 0.352 e. The Morgan fingerprint density at radius 2 is 1.89 bits per heavy atom. The van der Waals surface area contributed by atoms with Gasteiger partial charge in [-0.25, -0.2) is 0 Å². The van der Waals surface area contributed by atoms with Crippen molar-refractivity contribution in [2.45, 2.75) is 46.0 Å². The SMILES string of the molecule is C=C/C(=C\C=C(C)C)C(=O)NCC1CCCCC1. The third-order valence-electron chi connectivity index (χ3n) is 3.35. The summed E-state index contributed by atoms with van der Waals surface area (Å²) in [4.78, 5) is 11.9. The van der Waals surface area contributed by atoms with E-state index in [1.807, 2.05) is 26.0 Å². The van der Waals surface area contributed by atoms with E-state index in [1.54, 1.807) is 6.08 Å². The van der Waals surface area contributed by atoms with Gasteiger partial charge < -0.3 is 5.32 Å². The lowest BCUT2D eigenvalue weighted by atomic mass is 9.89. The summed E-state index contributed by atoms with van der Waals surface area (Å²) in [5.41, 5.74) is 1.82. The maximum atomic E-state index is 11.9. The van der Waals surface area contributed by atoms with Gasteiger partial charge in [-0.2, -0.15) is 0 Å². The highest BCUT2D eigenvalue weighted by molar-refractivity contribution is 5.96. The molecule has 0 bridgehead atoms. The molecule has 0 aromatic rings. The molecule has 0 heterocycles. The van der Waals surface area contributed by atoms with E-state index in [2.05, 4.69) is 11.9 Å². The van der Waals surface area contributed by atoms with Crippen LogP contribution in [-0.4, -0.2) is 12.5 Å². The quantitative estimate of drug-likeness (QED) is 0.581. The van der Waals surface area contributed by atoms with Crippen molar-refractivity contribution >= 4 is 5.91 Å². The van der Waals surface area contributed by atoms with Crippen LogP contribution in [0.3, 0.4) is 0 Å². The van der Waals surface area contributed by atoms with Crippen molar-refractivity contribution in [3.8, 4) is 0 Å². The fraction of sp³-hybridized carbons (Fsp3) is 0.562. The molecule has 0 unspecified atom stereocenters. The average Bonchev–Trinajstić information content (AvgIpc) is 2.38. The first-order chi connectivity index (χ1) is 8.63. The molecule has 0 aromatic carbocycles. The van der Waals surface area contributed by atoms with E-state index in [0.29, 0.717) is 11.5 Å². The fourth-order valence-electron chi connectivity index (χ4n) is 2.22. The maximum Gasteiger partial charge on any atom is 0.251 e. The topological polar surface area (TPSA) is 29.1 Å². The van der Waals surface area contributed by atoms with Gasteiger partial charge in [0.05, 0.1) is 0 Å². The second-order valence-corrected chi connectivity index (χ2v) is 5.28. The van der Waals surface area contributed by atoms with E-state index in [-0.39, 0.29) is 5.91 Å². The zero-order valence-electron chi connectivity index (χ0n) is 11.7. The third kappa shape index (κ3) is 5.35. The van der Waals surface area contributed by atoms with Gasteiger partial charge in [0.1, 0.15) is 0 Å². The van der Waals surface area contributed by atoms with E-state index in [1.165, 1.54) is 37.7 Å². The van der Waals surface area contributed by atoms with Gasteiger partial charge >= 0.3 is 0 Å². The molecule has 0 spiro atoms. The van der Waals surface area contributed by atoms with E-state index in [4.69, 9.17) is 0 Å². The molecule has 1 aliphatic rings. The molecule has 1 amide bonds. The summed E-state index contributed by atoms with van der Waals surface area (Å²) in [7, 11) is 0. The van der Waals surface area contributed by atoms with Crippen molar-refractivity contribution in [3.63, 3.8) is 0 Å². The van der Waals surface area contributed by atoms with Gasteiger partial charge in [-0.05, 0) is 38.7 Å². The molecule has 1 fully saturated rings. The minimum absolute atomic E-state index is 0.00641. The fourth-order valence-corrected chi connectivity index (χ4v) is 2.22. The average molecular weight is 247 g/mol. The Balaban J connectivity index is 2.44. The lowest BCUT2D eigenvalue weighted by Crippen LogP contribution is -2.30. The van der Waals surface area contributed by atoms with Gasteiger partial charge in [0.15, 0.2) is 0 Å². The lowest BCUT2D eigenvalue weighted by molar-refractivity contribution is -0.117. The Morgan fingerprint density at radius 1 is 1.22 bits per heavy atom. The second kappa shape index (κ2) is 7.91. The van der Waals surface area contributed by atoms with Crippen LogP contribution in [0.4, 0.5) is 0 Å². The standard InChI is InChI=1S/C16H25NO/c1-4-15(11-10-13(2)3)16(18)17-12-14-8-6-5-7-9-14/h4,10-11,14H,1,5-9,12H2,2-3H3,(H,17,18)/b15-11+. The number of nitrogens with one attached hydrogen (secondary N) is 1. The van der Waals surface area contributed by atoms with E-state index in [9.17, 15) is 4.79 Å². The first-order valence-electron chi connectivity index (χ1n) is 6.89. The molecule has 100 valence electrons. The van der Waals surface area contributed by atoms with E-state index < -0.39 is 0 Å². The smallest absolute Gasteiger partial charge is 0.251 e. The Hall–Kier alpha value is -1.31. The predicted octanol–water partition coefficient (Wildman–Crippen LogP) is 3.76. The van der Waals surface area contributed by atoms with Crippen LogP contribution >= 0.6 is 0 Å². The highest BCUT2D eigenvalue weighted by Gasteiger charge is 2.14. The number of amides is 1. The van der Waals surface area contributed by atoms with E-state index in [0.717, 1.165) is 6.54 Å². The highest BCUT2D eigenvalue weighted by Crippen LogP contribution is 2.22. The van der Waals surface area contributed by atoms with Crippen LogP contribution in [-0.2, 0) is 4.79 Å². The van der Waals surface area contributed by atoms with Gasteiger partial charge in [-0.15, -0.1) is 0 Å². The molecule has 2 heteroatoms. The molecule has 1 saturated carbocycles. The van der Waals surface area contributed by atoms with Crippen molar-refractivity contribution < 1.29 is 4.79 Å². The predicted molar refractivity (Wildman–Crippen MR) is 77.3 cm³/mol. The Morgan fingerprint density at radius 3 is 2.44 bits per heavy atom. The minimum atomic E-state index is -0.00641. The summed E-state index contributed by atoms with van der Waals surface area (Å²) < 4.78 is 0. The Labute approximate surface area is 111 Å². The van der Waals surface area contributed by atoms with Gasteiger partial charge in [-0.1, -0.05) is 43.6 Å². The number of hydrogen-bond donors (Lipinski definition) is 1. The van der Waals surface area contributed by atoms with Crippen LogP contribution in [0, 0.1) is 5.92 Å². The number of carbonyl (C=O) groups excluding carboxylic acids is 1. The van der Waals surface area contributed by atoms with Crippen LogP contribution < -0.4 is 5.32 Å².